The number of aromatic nitrogens is 1. The minimum atomic E-state index is -4.27. The van der Waals surface area contributed by atoms with Crippen LogP contribution in [0.4, 0.5) is 14.5 Å². The lowest BCUT2D eigenvalue weighted by atomic mass is 10.2. The highest BCUT2D eigenvalue weighted by Crippen LogP contribution is 2.31. The molecular formula is C7H9F2N3O3S. The van der Waals surface area contributed by atoms with Crippen molar-refractivity contribution in [1.29, 1.82) is 0 Å². The Bertz CT molecular complexity index is 504. The van der Waals surface area contributed by atoms with Crippen molar-refractivity contribution in [3.63, 3.8) is 0 Å². The Hall–Kier alpha value is -1.48. The molecule has 1 heterocycles. The van der Waals surface area contributed by atoms with Gasteiger partial charge in [0.15, 0.2) is 5.03 Å². The largest absolute Gasteiger partial charge is 0.481 e. The van der Waals surface area contributed by atoms with Gasteiger partial charge < -0.3 is 10.5 Å². The number of halogens is 2. The number of ether oxygens (including phenoxy) is 1. The highest BCUT2D eigenvalue weighted by atomic mass is 32.2. The Morgan fingerprint density at radius 1 is 1.50 bits per heavy atom. The van der Waals surface area contributed by atoms with Gasteiger partial charge in [0.25, 0.3) is 16.4 Å². The third kappa shape index (κ3) is 2.36. The van der Waals surface area contributed by atoms with Gasteiger partial charge in [0.05, 0.1) is 12.8 Å². The Balaban J connectivity index is 3.56. The van der Waals surface area contributed by atoms with Crippen LogP contribution in [0.25, 0.3) is 0 Å². The number of alkyl halides is 2. The summed E-state index contributed by atoms with van der Waals surface area (Å²) in [5.41, 5.74) is 3.88. The van der Waals surface area contributed by atoms with E-state index in [-0.39, 0.29) is 5.88 Å². The molecule has 0 aliphatic rings. The zero-order chi connectivity index (χ0) is 12.5. The summed E-state index contributed by atoms with van der Waals surface area (Å²) in [5.74, 6) is -0.298. The summed E-state index contributed by atoms with van der Waals surface area (Å²) < 4.78 is 51.7. The van der Waals surface area contributed by atoms with E-state index in [4.69, 9.17) is 10.9 Å². The molecule has 4 N–H and O–H groups in total. The van der Waals surface area contributed by atoms with Gasteiger partial charge in [-0.05, 0) is 0 Å². The zero-order valence-corrected chi connectivity index (χ0v) is 8.96. The molecule has 0 amide bonds. The second-order valence-corrected chi connectivity index (χ2v) is 4.30. The highest BCUT2D eigenvalue weighted by molar-refractivity contribution is 7.89. The van der Waals surface area contributed by atoms with Gasteiger partial charge in [0, 0.05) is 11.6 Å². The number of nitrogens with two attached hydrogens (primary N) is 2. The quantitative estimate of drug-likeness (QED) is 0.803. The summed E-state index contributed by atoms with van der Waals surface area (Å²) in [7, 11) is -3.12. The van der Waals surface area contributed by atoms with Crippen molar-refractivity contribution in [3.05, 3.63) is 11.6 Å². The molecule has 9 heteroatoms. The van der Waals surface area contributed by atoms with Gasteiger partial charge in [-0.1, -0.05) is 0 Å². The van der Waals surface area contributed by atoms with E-state index in [1.54, 1.807) is 0 Å². The highest BCUT2D eigenvalue weighted by Gasteiger charge is 2.23. The maximum atomic E-state index is 12.5. The molecule has 0 spiro atoms. The molecule has 0 atom stereocenters. The molecule has 0 aliphatic carbocycles. The maximum absolute atomic E-state index is 12.5. The minimum absolute atomic E-state index is 0.298. The lowest BCUT2D eigenvalue weighted by Gasteiger charge is -2.10. The topological polar surface area (TPSA) is 108 Å². The second kappa shape index (κ2) is 4.18. The number of sulfonamides is 1. The fourth-order valence-corrected chi connectivity index (χ4v) is 1.67. The van der Waals surface area contributed by atoms with Crippen LogP contribution in [0, 0.1) is 0 Å². The monoisotopic (exact) mass is 253 g/mol. The summed E-state index contributed by atoms with van der Waals surface area (Å²) in [5, 5.41) is 3.96. The Morgan fingerprint density at radius 2 is 2.06 bits per heavy atom. The average Bonchev–Trinajstić information content (AvgIpc) is 2.15. The average molecular weight is 253 g/mol. The van der Waals surface area contributed by atoms with Crippen molar-refractivity contribution in [1.82, 2.24) is 4.98 Å². The first kappa shape index (κ1) is 12.6. The van der Waals surface area contributed by atoms with Crippen molar-refractivity contribution in [3.8, 4) is 5.88 Å². The van der Waals surface area contributed by atoms with Crippen LogP contribution in [0.15, 0.2) is 11.1 Å². The molecular weight excluding hydrogens is 244 g/mol. The van der Waals surface area contributed by atoms with E-state index in [1.165, 1.54) is 0 Å². The van der Waals surface area contributed by atoms with Gasteiger partial charge in [0.2, 0.25) is 5.88 Å². The molecule has 90 valence electrons. The first-order valence-electron chi connectivity index (χ1n) is 3.92. The number of rotatable bonds is 3. The molecule has 1 aromatic heterocycles. The molecule has 0 unspecified atom stereocenters. The number of nitrogen functional groups attached to an aromatic ring is 1. The standard InChI is InChI=1S/C7H9F2N3O3S/c1-15-4-2-3(6(8)9)5(10)7(12-4)16(11,13)14/h2,6H,10H2,1H3,(H2,11,13,14). The minimum Gasteiger partial charge on any atom is -0.481 e. The van der Waals surface area contributed by atoms with Crippen LogP contribution in [0.1, 0.15) is 12.0 Å². The van der Waals surface area contributed by atoms with Crippen LogP contribution in [-0.2, 0) is 10.0 Å². The number of hydrogen-bond acceptors (Lipinski definition) is 5. The molecule has 1 rings (SSSR count). The molecule has 0 bridgehead atoms. The smallest absolute Gasteiger partial charge is 0.266 e. The predicted molar refractivity (Wildman–Crippen MR) is 51.5 cm³/mol. The van der Waals surface area contributed by atoms with Crippen molar-refractivity contribution < 1.29 is 21.9 Å². The Morgan fingerprint density at radius 3 is 2.44 bits per heavy atom. The maximum Gasteiger partial charge on any atom is 0.266 e. The van der Waals surface area contributed by atoms with Crippen LogP contribution in [0.5, 0.6) is 5.88 Å². The van der Waals surface area contributed by atoms with Gasteiger partial charge in [0.1, 0.15) is 0 Å². The fraction of sp³-hybridized carbons (Fsp3) is 0.286. The first-order valence-corrected chi connectivity index (χ1v) is 5.47. The van der Waals surface area contributed by atoms with Gasteiger partial charge in [-0.2, -0.15) is 4.98 Å². The van der Waals surface area contributed by atoms with Crippen LogP contribution >= 0.6 is 0 Å². The van der Waals surface area contributed by atoms with Crippen molar-refractivity contribution >= 4 is 15.7 Å². The van der Waals surface area contributed by atoms with Gasteiger partial charge in [-0.15, -0.1) is 0 Å². The van der Waals surface area contributed by atoms with E-state index in [0.29, 0.717) is 0 Å². The number of hydrogen-bond donors (Lipinski definition) is 2. The number of pyridine rings is 1. The van der Waals surface area contributed by atoms with Gasteiger partial charge in [-0.3, -0.25) is 0 Å². The lowest BCUT2D eigenvalue weighted by Crippen LogP contribution is -2.18. The van der Waals surface area contributed by atoms with Crippen LogP contribution in [-0.4, -0.2) is 20.5 Å². The molecule has 16 heavy (non-hydrogen) atoms. The van der Waals surface area contributed by atoms with Gasteiger partial charge >= 0.3 is 0 Å². The molecule has 1 aromatic rings. The van der Waals surface area contributed by atoms with Crippen LogP contribution in [0.3, 0.4) is 0 Å². The number of nitrogens with zero attached hydrogens (tertiary/aromatic N) is 1. The van der Waals surface area contributed by atoms with E-state index in [2.05, 4.69) is 9.72 Å². The molecule has 0 aliphatic heterocycles. The number of primary sulfonamides is 1. The third-order valence-corrected chi connectivity index (χ3v) is 2.60. The molecule has 0 radical (unpaired) electrons. The second-order valence-electron chi connectivity index (χ2n) is 2.82. The van der Waals surface area contributed by atoms with Crippen molar-refractivity contribution in [2.45, 2.75) is 11.5 Å². The zero-order valence-electron chi connectivity index (χ0n) is 8.15. The molecule has 0 fully saturated rings. The molecule has 0 saturated heterocycles. The van der Waals surface area contributed by atoms with Crippen LogP contribution in [0.2, 0.25) is 0 Å². The fourth-order valence-electron chi connectivity index (χ4n) is 1.03. The van der Waals surface area contributed by atoms with Crippen molar-refractivity contribution in [2.24, 2.45) is 5.14 Å². The summed E-state index contributed by atoms with van der Waals surface area (Å²) in [6, 6.07) is 0.856. The van der Waals surface area contributed by atoms with Crippen LogP contribution < -0.4 is 15.6 Å². The summed E-state index contributed by atoms with van der Waals surface area (Å²) in [6.45, 7) is 0. The summed E-state index contributed by atoms with van der Waals surface area (Å²) >= 11 is 0. The Kier molecular flexibility index (Phi) is 3.29. The SMILES string of the molecule is COc1cc(C(F)F)c(N)c(S(N)(=O)=O)n1. The van der Waals surface area contributed by atoms with E-state index in [0.717, 1.165) is 13.2 Å². The van der Waals surface area contributed by atoms with Crippen molar-refractivity contribution in [2.75, 3.05) is 12.8 Å². The van der Waals surface area contributed by atoms with E-state index >= 15 is 0 Å². The van der Waals surface area contributed by atoms with E-state index in [1.807, 2.05) is 0 Å². The lowest BCUT2D eigenvalue weighted by molar-refractivity contribution is 0.151. The van der Waals surface area contributed by atoms with Gasteiger partial charge in [-0.25, -0.2) is 22.3 Å². The van der Waals surface area contributed by atoms with E-state index in [9.17, 15) is 17.2 Å². The number of anilines is 1. The summed E-state index contributed by atoms with van der Waals surface area (Å²) in [4.78, 5) is 3.41. The number of methoxy groups -OCH3 is 1. The van der Waals surface area contributed by atoms with E-state index < -0.39 is 32.7 Å². The molecule has 0 aromatic carbocycles. The first-order chi connectivity index (χ1) is 7.27. The molecule has 6 nitrogen and oxygen atoms in total. The summed E-state index contributed by atoms with van der Waals surface area (Å²) in [6.07, 6.45) is -2.95. The molecule has 0 saturated carbocycles. The normalized spacial score (nSPS) is 11.8. The predicted octanol–water partition coefficient (Wildman–Crippen LogP) is 0.257. The third-order valence-electron chi connectivity index (χ3n) is 1.75. The Labute approximate surface area is 90.3 Å².